The van der Waals surface area contributed by atoms with Crippen LogP contribution < -0.4 is 10.1 Å². The van der Waals surface area contributed by atoms with Crippen molar-refractivity contribution in [2.75, 3.05) is 12.4 Å². The van der Waals surface area contributed by atoms with Crippen molar-refractivity contribution in [1.82, 2.24) is 10.2 Å². The van der Waals surface area contributed by atoms with E-state index in [-0.39, 0.29) is 0 Å². The average molecular weight is 344 g/mol. The minimum atomic E-state index is 0.416. The van der Waals surface area contributed by atoms with E-state index in [1.165, 1.54) is 0 Å². The van der Waals surface area contributed by atoms with Crippen LogP contribution in [-0.4, -0.2) is 17.3 Å². The molecule has 24 heavy (non-hydrogen) atoms. The van der Waals surface area contributed by atoms with Crippen molar-refractivity contribution in [2.24, 2.45) is 0 Å². The third-order valence-corrected chi connectivity index (χ3v) is 4.02. The summed E-state index contributed by atoms with van der Waals surface area (Å²) >= 11 is 6.11. The van der Waals surface area contributed by atoms with Gasteiger partial charge in [0, 0.05) is 11.1 Å². The molecule has 0 amide bonds. The average Bonchev–Trinajstić information content (AvgIpc) is 3.04. The standard InChI is InChI=1S/C18H18ClN3O2/c1-12-8-15(16(23-2)10-14(12)19)20-11-18-22-21-17(24-18)9-13-6-4-3-5-7-13/h3-8,10,20H,9,11H2,1-2H3. The summed E-state index contributed by atoms with van der Waals surface area (Å²) in [6, 6.07) is 13.7. The number of hydrogen-bond donors (Lipinski definition) is 1. The maximum Gasteiger partial charge on any atom is 0.235 e. The highest BCUT2D eigenvalue weighted by Gasteiger charge is 2.10. The largest absolute Gasteiger partial charge is 0.495 e. The van der Waals surface area contributed by atoms with Crippen molar-refractivity contribution in [3.63, 3.8) is 0 Å². The van der Waals surface area contributed by atoms with Crippen molar-refractivity contribution in [3.8, 4) is 5.75 Å². The minimum Gasteiger partial charge on any atom is -0.495 e. The second-order valence-corrected chi connectivity index (χ2v) is 5.81. The molecule has 0 aliphatic carbocycles. The maximum absolute atomic E-state index is 6.11. The first kappa shape index (κ1) is 16.3. The van der Waals surface area contributed by atoms with Gasteiger partial charge in [-0.05, 0) is 24.1 Å². The summed E-state index contributed by atoms with van der Waals surface area (Å²) in [4.78, 5) is 0. The van der Waals surface area contributed by atoms with Crippen LogP contribution in [0.25, 0.3) is 0 Å². The van der Waals surface area contributed by atoms with E-state index in [0.717, 1.165) is 16.8 Å². The Morgan fingerprint density at radius 3 is 2.62 bits per heavy atom. The third kappa shape index (κ3) is 3.86. The van der Waals surface area contributed by atoms with Crippen molar-refractivity contribution < 1.29 is 9.15 Å². The van der Waals surface area contributed by atoms with Crippen LogP contribution in [0.4, 0.5) is 5.69 Å². The molecular formula is C18H18ClN3O2. The lowest BCUT2D eigenvalue weighted by Crippen LogP contribution is -2.02. The Hall–Kier alpha value is -2.53. The van der Waals surface area contributed by atoms with Gasteiger partial charge in [-0.1, -0.05) is 41.9 Å². The SMILES string of the molecule is COc1cc(Cl)c(C)cc1NCc1nnc(Cc2ccccc2)o1. The van der Waals surface area contributed by atoms with Crippen molar-refractivity contribution >= 4 is 17.3 Å². The molecular weight excluding hydrogens is 326 g/mol. The first-order valence-corrected chi connectivity index (χ1v) is 7.96. The molecule has 3 rings (SSSR count). The zero-order valence-corrected chi connectivity index (χ0v) is 14.3. The van der Waals surface area contributed by atoms with Gasteiger partial charge in [0.2, 0.25) is 11.8 Å². The Kier molecular flexibility index (Phi) is 5.01. The number of nitrogens with one attached hydrogen (secondary N) is 1. The number of methoxy groups -OCH3 is 1. The van der Waals surface area contributed by atoms with E-state index in [2.05, 4.69) is 15.5 Å². The van der Waals surface area contributed by atoms with Gasteiger partial charge in [-0.2, -0.15) is 0 Å². The fourth-order valence-corrected chi connectivity index (χ4v) is 2.50. The molecule has 0 saturated heterocycles. The van der Waals surface area contributed by atoms with Crippen molar-refractivity contribution in [1.29, 1.82) is 0 Å². The molecule has 6 heteroatoms. The molecule has 1 N–H and O–H groups in total. The number of anilines is 1. The molecule has 0 radical (unpaired) electrons. The normalized spacial score (nSPS) is 10.6. The number of halogens is 1. The van der Waals surface area contributed by atoms with Gasteiger partial charge in [0.15, 0.2) is 0 Å². The summed E-state index contributed by atoms with van der Waals surface area (Å²) in [6.45, 7) is 2.36. The molecule has 2 aromatic carbocycles. The first-order valence-electron chi connectivity index (χ1n) is 7.59. The predicted molar refractivity (Wildman–Crippen MR) is 93.6 cm³/mol. The van der Waals surface area contributed by atoms with E-state index >= 15 is 0 Å². The number of aromatic nitrogens is 2. The molecule has 0 aliphatic rings. The van der Waals surface area contributed by atoms with Crippen LogP contribution in [0, 0.1) is 6.92 Å². The molecule has 124 valence electrons. The fourth-order valence-electron chi connectivity index (χ4n) is 2.34. The Morgan fingerprint density at radius 2 is 1.88 bits per heavy atom. The Labute approximate surface area is 145 Å². The highest BCUT2D eigenvalue weighted by atomic mass is 35.5. The summed E-state index contributed by atoms with van der Waals surface area (Å²) in [7, 11) is 1.61. The van der Waals surface area contributed by atoms with Crippen molar-refractivity contribution in [2.45, 2.75) is 19.9 Å². The number of benzene rings is 2. The van der Waals surface area contributed by atoms with Gasteiger partial charge in [0.05, 0.1) is 25.8 Å². The molecule has 0 aliphatic heterocycles. The highest BCUT2D eigenvalue weighted by molar-refractivity contribution is 6.31. The number of aryl methyl sites for hydroxylation is 1. The lowest BCUT2D eigenvalue weighted by atomic mass is 10.2. The van der Waals surface area contributed by atoms with Crippen LogP contribution in [-0.2, 0) is 13.0 Å². The molecule has 5 nitrogen and oxygen atoms in total. The van der Waals surface area contributed by atoms with Crippen LogP contribution in [0.15, 0.2) is 46.9 Å². The van der Waals surface area contributed by atoms with E-state index in [0.29, 0.717) is 35.5 Å². The minimum absolute atomic E-state index is 0.416. The molecule has 0 spiro atoms. The van der Waals surface area contributed by atoms with Gasteiger partial charge in [-0.25, -0.2) is 0 Å². The zero-order chi connectivity index (χ0) is 16.9. The molecule has 1 aromatic heterocycles. The monoisotopic (exact) mass is 343 g/mol. The van der Waals surface area contributed by atoms with E-state index in [4.69, 9.17) is 20.8 Å². The Bertz CT molecular complexity index is 818. The molecule has 0 bridgehead atoms. The van der Waals surface area contributed by atoms with E-state index in [1.54, 1.807) is 13.2 Å². The zero-order valence-electron chi connectivity index (χ0n) is 13.5. The van der Waals surface area contributed by atoms with Crippen molar-refractivity contribution in [3.05, 3.63) is 70.4 Å². The van der Waals surface area contributed by atoms with Crippen LogP contribution >= 0.6 is 11.6 Å². The van der Waals surface area contributed by atoms with E-state index in [1.807, 2.05) is 43.3 Å². The van der Waals surface area contributed by atoms with Crippen LogP contribution in [0.5, 0.6) is 5.75 Å². The first-order chi connectivity index (χ1) is 11.7. The molecule has 0 fully saturated rings. The number of nitrogens with zero attached hydrogens (tertiary/aromatic N) is 2. The smallest absolute Gasteiger partial charge is 0.235 e. The van der Waals surface area contributed by atoms with Crippen LogP contribution in [0.3, 0.4) is 0 Å². The van der Waals surface area contributed by atoms with E-state index < -0.39 is 0 Å². The Balaban J connectivity index is 1.66. The molecule has 3 aromatic rings. The lowest BCUT2D eigenvalue weighted by molar-refractivity contribution is 0.415. The second-order valence-electron chi connectivity index (χ2n) is 5.41. The molecule has 1 heterocycles. The lowest BCUT2D eigenvalue weighted by Gasteiger charge is -2.11. The fraction of sp³-hybridized carbons (Fsp3) is 0.222. The predicted octanol–water partition coefficient (Wildman–Crippen LogP) is 4.24. The number of ether oxygens (including phenoxy) is 1. The summed E-state index contributed by atoms with van der Waals surface area (Å²) in [5, 5.41) is 12.1. The highest BCUT2D eigenvalue weighted by Crippen LogP contribution is 2.31. The maximum atomic E-state index is 6.11. The molecule has 0 unspecified atom stereocenters. The second kappa shape index (κ2) is 7.36. The van der Waals surface area contributed by atoms with Gasteiger partial charge in [-0.15, -0.1) is 10.2 Å². The van der Waals surface area contributed by atoms with Gasteiger partial charge in [-0.3, -0.25) is 0 Å². The van der Waals surface area contributed by atoms with Gasteiger partial charge in [0.1, 0.15) is 5.75 Å². The number of hydrogen-bond acceptors (Lipinski definition) is 5. The molecule has 0 atom stereocenters. The van der Waals surface area contributed by atoms with Crippen LogP contribution in [0.1, 0.15) is 22.9 Å². The summed E-state index contributed by atoms with van der Waals surface area (Å²) < 4.78 is 11.0. The third-order valence-electron chi connectivity index (χ3n) is 3.62. The summed E-state index contributed by atoms with van der Waals surface area (Å²) in [6.07, 6.45) is 0.622. The number of rotatable bonds is 6. The van der Waals surface area contributed by atoms with E-state index in [9.17, 15) is 0 Å². The van der Waals surface area contributed by atoms with Gasteiger partial charge < -0.3 is 14.5 Å². The summed E-state index contributed by atoms with van der Waals surface area (Å²) in [5.74, 6) is 1.79. The molecule has 0 saturated carbocycles. The summed E-state index contributed by atoms with van der Waals surface area (Å²) in [5.41, 5.74) is 2.94. The van der Waals surface area contributed by atoms with Gasteiger partial charge in [0.25, 0.3) is 0 Å². The Morgan fingerprint density at radius 1 is 1.12 bits per heavy atom. The van der Waals surface area contributed by atoms with Gasteiger partial charge >= 0.3 is 0 Å². The quantitative estimate of drug-likeness (QED) is 0.725. The van der Waals surface area contributed by atoms with Crippen LogP contribution in [0.2, 0.25) is 5.02 Å². The topological polar surface area (TPSA) is 60.2 Å².